The van der Waals surface area contributed by atoms with Gasteiger partial charge in [0.05, 0.1) is 4.90 Å². The lowest BCUT2D eigenvalue weighted by Crippen LogP contribution is -2.39. The molecule has 0 amide bonds. The number of fused-ring (bicyclic) bond motifs is 1. The quantitative estimate of drug-likeness (QED) is 0.407. The molecule has 1 heterocycles. The number of sulfonamides is 1. The molecule has 4 rings (SSSR count). The molecular formula is C25H23N3O3S2. The van der Waals surface area contributed by atoms with Crippen molar-refractivity contribution in [3.63, 3.8) is 0 Å². The minimum atomic E-state index is -3.83. The summed E-state index contributed by atoms with van der Waals surface area (Å²) in [5.41, 5.74) is 2.29. The summed E-state index contributed by atoms with van der Waals surface area (Å²) < 4.78 is 29.2. The molecule has 3 aromatic carbocycles. The van der Waals surface area contributed by atoms with Crippen molar-refractivity contribution in [1.29, 1.82) is 0 Å². The number of thiocarbonyl (C=S) groups is 1. The summed E-state index contributed by atoms with van der Waals surface area (Å²) in [4.78, 5) is 13.3. The molecule has 8 heteroatoms. The maximum Gasteiger partial charge on any atom is 0.263 e. The third kappa shape index (κ3) is 4.81. The predicted octanol–water partition coefficient (Wildman–Crippen LogP) is 4.22. The fourth-order valence-electron chi connectivity index (χ4n) is 3.57. The van der Waals surface area contributed by atoms with Gasteiger partial charge < -0.3 is 5.32 Å². The third-order valence-corrected chi connectivity index (χ3v) is 6.94. The second kappa shape index (κ2) is 9.56. The molecule has 6 nitrogen and oxygen atoms in total. The molecular weight excluding hydrogens is 454 g/mol. The number of aromatic nitrogens is 1. The van der Waals surface area contributed by atoms with Crippen LogP contribution in [0, 0.1) is 0 Å². The highest BCUT2D eigenvalue weighted by molar-refractivity contribution is 7.91. The second-order valence-electron chi connectivity index (χ2n) is 7.48. The number of hydrogen-bond donors (Lipinski definition) is 2. The van der Waals surface area contributed by atoms with Crippen LogP contribution in [0.15, 0.2) is 94.7 Å². The minimum Gasteiger partial charge on any atom is -0.362 e. The standard InChI is InChI=1S/C25H23N3O3S2/c1-2-16-26-25(32)27-33(30,31)20-14-12-19(13-15-20)28-17-23(18-8-4-3-5-9-18)21-10-6-7-11-22(21)24(28)29/h3-15,17H,2,16H2,1H3,(H2,26,27,32). The van der Waals surface area contributed by atoms with E-state index < -0.39 is 10.0 Å². The summed E-state index contributed by atoms with van der Waals surface area (Å²) in [6.45, 7) is 2.54. The fraction of sp³-hybridized carbons (Fsp3) is 0.120. The van der Waals surface area contributed by atoms with Crippen LogP contribution in [0.25, 0.3) is 27.6 Å². The van der Waals surface area contributed by atoms with Crippen LogP contribution < -0.4 is 15.6 Å². The number of nitrogens with zero attached hydrogens (tertiary/aromatic N) is 1. The Morgan fingerprint density at radius 3 is 2.21 bits per heavy atom. The Labute approximate surface area is 197 Å². The first-order valence-electron chi connectivity index (χ1n) is 10.5. The molecule has 168 valence electrons. The average molecular weight is 478 g/mol. The van der Waals surface area contributed by atoms with E-state index in [1.807, 2.05) is 55.5 Å². The van der Waals surface area contributed by atoms with E-state index in [-0.39, 0.29) is 15.6 Å². The topological polar surface area (TPSA) is 80.2 Å². The van der Waals surface area contributed by atoms with Crippen LogP contribution >= 0.6 is 12.2 Å². The molecule has 0 radical (unpaired) electrons. The largest absolute Gasteiger partial charge is 0.362 e. The van der Waals surface area contributed by atoms with Crippen molar-refractivity contribution in [2.75, 3.05) is 6.54 Å². The monoisotopic (exact) mass is 477 g/mol. The highest BCUT2D eigenvalue weighted by Crippen LogP contribution is 2.27. The van der Waals surface area contributed by atoms with Gasteiger partial charge in [0.1, 0.15) is 0 Å². The maximum absolute atomic E-state index is 13.2. The SMILES string of the molecule is CCCNC(=S)NS(=O)(=O)c1ccc(-n2cc(-c3ccccc3)c3ccccc3c2=O)cc1. The second-order valence-corrected chi connectivity index (χ2v) is 9.58. The van der Waals surface area contributed by atoms with Gasteiger partial charge in [-0.2, -0.15) is 0 Å². The summed E-state index contributed by atoms with van der Waals surface area (Å²) >= 11 is 5.05. The highest BCUT2D eigenvalue weighted by Gasteiger charge is 2.16. The molecule has 0 saturated heterocycles. The number of rotatable bonds is 6. The zero-order valence-electron chi connectivity index (χ0n) is 18.0. The number of benzene rings is 3. The Kier molecular flexibility index (Phi) is 6.57. The van der Waals surface area contributed by atoms with Gasteiger partial charge in [0.2, 0.25) is 0 Å². The number of nitrogens with one attached hydrogen (secondary N) is 2. The van der Waals surface area contributed by atoms with Crippen LogP contribution in [0.3, 0.4) is 0 Å². The van der Waals surface area contributed by atoms with Crippen molar-refractivity contribution in [2.24, 2.45) is 0 Å². The van der Waals surface area contributed by atoms with E-state index in [1.54, 1.807) is 29.0 Å². The van der Waals surface area contributed by atoms with Gasteiger partial charge in [-0.25, -0.2) is 8.42 Å². The van der Waals surface area contributed by atoms with Crippen molar-refractivity contribution in [3.8, 4) is 16.8 Å². The molecule has 0 fully saturated rings. The summed E-state index contributed by atoms with van der Waals surface area (Å²) in [7, 11) is -3.83. The average Bonchev–Trinajstić information content (AvgIpc) is 2.83. The lowest BCUT2D eigenvalue weighted by atomic mass is 10.0. The van der Waals surface area contributed by atoms with Crippen molar-refractivity contribution in [1.82, 2.24) is 14.6 Å². The van der Waals surface area contributed by atoms with Crippen LogP contribution in [-0.2, 0) is 10.0 Å². The molecule has 0 atom stereocenters. The maximum atomic E-state index is 13.2. The molecule has 0 saturated carbocycles. The lowest BCUT2D eigenvalue weighted by molar-refractivity contribution is 0.592. The molecule has 0 aliphatic rings. The van der Waals surface area contributed by atoms with E-state index >= 15 is 0 Å². The van der Waals surface area contributed by atoms with Crippen LogP contribution in [0.4, 0.5) is 0 Å². The Morgan fingerprint density at radius 1 is 0.909 bits per heavy atom. The van der Waals surface area contributed by atoms with Gasteiger partial charge in [-0.15, -0.1) is 0 Å². The van der Waals surface area contributed by atoms with Crippen molar-refractivity contribution in [2.45, 2.75) is 18.2 Å². The van der Waals surface area contributed by atoms with E-state index in [1.165, 1.54) is 12.1 Å². The van der Waals surface area contributed by atoms with Gasteiger partial charge in [-0.1, -0.05) is 55.5 Å². The molecule has 0 aliphatic heterocycles. The Bertz CT molecular complexity index is 1460. The van der Waals surface area contributed by atoms with Crippen LogP contribution in [0.1, 0.15) is 13.3 Å². The predicted molar refractivity (Wildman–Crippen MR) is 136 cm³/mol. The van der Waals surface area contributed by atoms with Crippen molar-refractivity contribution >= 4 is 38.1 Å². The molecule has 0 bridgehead atoms. The van der Waals surface area contributed by atoms with Crippen LogP contribution in [0.2, 0.25) is 0 Å². The zero-order chi connectivity index (χ0) is 23.4. The van der Waals surface area contributed by atoms with Gasteiger partial charge >= 0.3 is 0 Å². The van der Waals surface area contributed by atoms with Gasteiger partial charge in [-0.3, -0.25) is 14.1 Å². The first kappa shape index (κ1) is 22.7. The number of hydrogen-bond acceptors (Lipinski definition) is 4. The normalized spacial score (nSPS) is 11.3. The van der Waals surface area contributed by atoms with E-state index in [0.717, 1.165) is 22.9 Å². The first-order valence-corrected chi connectivity index (χ1v) is 12.4. The first-order chi connectivity index (χ1) is 15.9. The van der Waals surface area contributed by atoms with Crippen molar-refractivity contribution in [3.05, 3.63) is 95.4 Å². The zero-order valence-corrected chi connectivity index (χ0v) is 19.6. The Hall–Kier alpha value is -3.49. The van der Waals surface area contributed by atoms with E-state index in [9.17, 15) is 13.2 Å². The smallest absolute Gasteiger partial charge is 0.263 e. The Morgan fingerprint density at radius 2 is 1.55 bits per heavy atom. The highest BCUT2D eigenvalue weighted by atomic mass is 32.2. The number of pyridine rings is 1. The summed E-state index contributed by atoms with van der Waals surface area (Å²) in [6.07, 6.45) is 2.62. The van der Waals surface area contributed by atoms with Gasteiger partial charge in [0.25, 0.3) is 15.6 Å². The molecule has 4 aromatic rings. The summed E-state index contributed by atoms with van der Waals surface area (Å²) in [5.74, 6) is 0. The minimum absolute atomic E-state index is 0.0548. The van der Waals surface area contributed by atoms with Crippen molar-refractivity contribution < 1.29 is 8.42 Å². The molecule has 33 heavy (non-hydrogen) atoms. The van der Waals surface area contributed by atoms with E-state index in [2.05, 4.69) is 10.0 Å². The van der Waals surface area contributed by atoms with Gasteiger partial charge in [0, 0.05) is 29.4 Å². The summed E-state index contributed by atoms with van der Waals surface area (Å²) in [5, 5.41) is 4.34. The van der Waals surface area contributed by atoms with E-state index in [0.29, 0.717) is 17.6 Å². The molecule has 0 aliphatic carbocycles. The Balaban J connectivity index is 1.75. The van der Waals surface area contributed by atoms with Gasteiger partial charge in [0.15, 0.2) is 5.11 Å². The fourth-order valence-corrected chi connectivity index (χ4v) is 4.93. The molecule has 0 unspecified atom stereocenters. The van der Waals surface area contributed by atoms with E-state index in [4.69, 9.17) is 12.2 Å². The lowest BCUT2D eigenvalue weighted by Gasteiger charge is -2.14. The molecule has 2 N–H and O–H groups in total. The van der Waals surface area contributed by atoms with Gasteiger partial charge in [-0.05, 0) is 59.9 Å². The van der Waals surface area contributed by atoms with Crippen LogP contribution in [0.5, 0.6) is 0 Å². The molecule has 1 aromatic heterocycles. The third-order valence-electron chi connectivity index (χ3n) is 5.20. The summed E-state index contributed by atoms with van der Waals surface area (Å²) in [6, 6.07) is 23.5. The molecule has 0 spiro atoms. The van der Waals surface area contributed by atoms with Crippen LogP contribution in [-0.4, -0.2) is 24.6 Å².